The van der Waals surface area contributed by atoms with Gasteiger partial charge in [-0.1, -0.05) is 0 Å². The summed E-state index contributed by atoms with van der Waals surface area (Å²) in [5, 5.41) is 15.0. The molecule has 0 spiro atoms. The number of nitrogens with one attached hydrogen (secondary N) is 2. The van der Waals surface area contributed by atoms with Gasteiger partial charge in [0.2, 0.25) is 0 Å². The van der Waals surface area contributed by atoms with Gasteiger partial charge in [0.25, 0.3) is 0 Å². The first-order chi connectivity index (χ1) is 37.1. The van der Waals surface area contributed by atoms with E-state index in [1.807, 2.05) is 24.1 Å². The normalized spacial score (nSPS) is 15.9. The number of likely N-dealkylation sites (N-methyl/N-ethyl adjacent to an activating group) is 2. The molecule has 24 heteroatoms. The van der Waals surface area contributed by atoms with Crippen molar-refractivity contribution in [1.82, 2.24) is 59.7 Å². The van der Waals surface area contributed by atoms with Crippen molar-refractivity contribution in [1.29, 1.82) is 0 Å². The molecule has 8 aromatic rings. The van der Waals surface area contributed by atoms with Gasteiger partial charge < -0.3 is 48.5 Å². The molecule has 8 heterocycles. The Labute approximate surface area is 434 Å². The molecule has 2 aromatic carbocycles. The number of nitrogens with zero attached hydrogens (tertiary/aromatic N) is 12. The highest BCUT2D eigenvalue weighted by Gasteiger charge is 2.28. The molecule has 76 heavy (non-hydrogen) atoms. The maximum absolute atomic E-state index is 15.4. The topological polar surface area (TPSA) is 200 Å². The number of halogens is 4. The van der Waals surface area contributed by atoms with Crippen LogP contribution in [0.25, 0.3) is 44.8 Å². The van der Waals surface area contributed by atoms with Gasteiger partial charge in [-0.25, -0.2) is 46.9 Å². The van der Waals surface area contributed by atoms with Crippen LogP contribution in [0.4, 0.5) is 34.8 Å². The molecule has 0 radical (unpaired) electrons. The quantitative estimate of drug-likeness (QED) is 0.0831. The molecule has 2 fully saturated rings. The molecule has 0 bridgehead atoms. The van der Waals surface area contributed by atoms with Crippen LogP contribution in [0.15, 0.2) is 78.6 Å². The first kappa shape index (κ1) is 53.0. The van der Waals surface area contributed by atoms with Crippen LogP contribution in [0, 0.1) is 23.3 Å². The second kappa shape index (κ2) is 24.3. The molecule has 10 rings (SSSR count). The molecular weight excluding hydrogens is 993 g/mol. The van der Waals surface area contributed by atoms with E-state index in [2.05, 4.69) is 45.8 Å². The Bertz CT molecular complexity index is 3320. The first-order valence-corrected chi connectivity index (χ1v) is 24.7. The number of ether oxygens (including phenoxy) is 6. The minimum Gasteiger partial charge on any atom is -0.493 e. The highest BCUT2D eigenvalue weighted by molar-refractivity contribution is 5.77. The fourth-order valence-corrected chi connectivity index (χ4v) is 8.79. The monoisotopic (exact) mass is 1050 g/mol. The predicted octanol–water partition coefficient (Wildman–Crippen LogP) is 7.98. The molecule has 0 aliphatic carbocycles. The number of aromatic nitrogens is 10. The van der Waals surface area contributed by atoms with E-state index in [1.54, 1.807) is 65.3 Å². The van der Waals surface area contributed by atoms with E-state index in [4.69, 9.17) is 33.4 Å². The minimum absolute atomic E-state index is 0.0958. The molecule has 2 aliphatic rings. The number of fused-ring (bicyclic) bond motifs is 2. The highest BCUT2D eigenvalue weighted by Crippen LogP contribution is 2.40. The maximum Gasteiger partial charge on any atom is 0.193 e. The number of anilines is 2. The fourth-order valence-electron chi connectivity index (χ4n) is 8.79. The standard InChI is InChI=1S/2C26H29F2N7O3/c1-29-9-10-34(25-23(27)19(36-2)12-20(37-3)24(25)28)21-8-7-17-26(33-21)32-18(14-30-17)16-13-31-35(15-16)22-6-4-5-11-38-22;1-29-9-10-34-21(33-25-23(27)19(36-2)12-20(37-3)24(25)28)8-7-17-26(34)32-18(14-30-17)16-13-31-35(15-16)22-6-4-5-11-38-22/h2*7-8,12-15,22,29H,4-6,9-11H2,1-3H3. The molecule has 2 unspecified atom stereocenters. The van der Waals surface area contributed by atoms with Crippen LogP contribution < -0.4 is 40.0 Å². The Kier molecular flexibility index (Phi) is 16.9. The molecule has 2 atom stereocenters. The summed E-state index contributed by atoms with van der Waals surface area (Å²) >= 11 is 0. The van der Waals surface area contributed by atoms with E-state index >= 15 is 17.6 Å². The van der Waals surface area contributed by atoms with Crippen LogP contribution in [0.1, 0.15) is 51.0 Å². The number of benzene rings is 2. The van der Waals surface area contributed by atoms with Crippen LogP contribution >= 0.6 is 0 Å². The number of hydrogen-bond donors (Lipinski definition) is 2. The van der Waals surface area contributed by atoms with Crippen molar-refractivity contribution < 1.29 is 46.0 Å². The van der Waals surface area contributed by atoms with Crippen LogP contribution in [-0.4, -0.2) is 124 Å². The van der Waals surface area contributed by atoms with Crippen molar-refractivity contribution in [2.45, 2.75) is 57.5 Å². The molecule has 2 saturated heterocycles. The highest BCUT2D eigenvalue weighted by atomic mass is 19.1. The summed E-state index contributed by atoms with van der Waals surface area (Å²) in [6.45, 7) is 3.04. The summed E-state index contributed by atoms with van der Waals surface area (Å²) in [4.78, 5) is 29.0. The van der Waals surface area contributed by atoms with Crippen molar-refractivity contribution in [3.05, 3.63) is 102 Å². The minimum atomic E-state index is -0.928. The average Bonchev–Trinajstić information content (AvgIpc) is 4.18. The van der Waals surface area contributed by atoms with Gasteiger partial charge >= 0.3 is 0 Å². The van der Waals surface area contributed by atoms with Crippen molar-refractivity contribution in [2.75, 3.05) is 80.3 Å². The summed E-state index contributed by atoms with van der Waals surface area (Å²) < 4.78 is 98.4. The lowest BCUT2D eigenvalue weighted by atomic mass is 10.2. The Hall–Kier alpha value is -7.80. The second-order valence-corrected chi connectivity index (χ2v) is 17.6. The summed E-state index contributed by atoms with van der Waals surface area (Å²) in [6, 6.07) is 9.05. The van der Waals surface area contributed by atoms with Gasteiger partial charge in [0, 0.05) is 75.0 Å². The van der Waals surface area contributed by atoms with Gasteiger partial charge in [0.1, 0.15) is 46.2 Å². The Morgan fingerprint density at radius 2 is 1.18 bits per heavy atom. The summed E-state index contributed by atoms with van der Waals surface area (Å²) in [6.07, 6.45) is 16.4. The van der Waals surface area contributed by atoms with E-state index in [0.717, 1.165) is 55.7 Å². The number of pyridine rings is 2. The molecule has 6 aromatic heterocycles. The fraction of sp³-hybridized carbons (Fsp3) is 0.385. The van der Waals surface area contributed by atoms with Gasteiger partial charge in [-0.15, -0.1) is 0 Å². The molecule has 20 nitrogen and oxygen atoms in total. The number of methoxy groups -OCH3 is 4. The largest absolute Gasteiger partial charge is 0.493 e. The van der Waals surface area contributed by atoms with Crippen molar-refractivity contribution >= 4 is 39.5 Å². The lowest BCUT2D eigenvalue weighted by molar-refractivity contribution is -0.0395. The van der Waals surface area contributed by atoms with E-state index in [-0.39, 0.29) is 47.7 Å². The lowest BCUT2D eigenvalue weighted by Crippen LogP contribution is -2.29. The maximum atomic E-state index is 15.4. The summed E-state index contributed by atoms with van der Waals surface area (Å²) in [5.41, 5.74) is 4.16. The number of rotatable bonds is 17. The van der Waals surface area contributed by atoms with Crippen molar-refractivity contribution in [3.63, 3.8) is 0 Å². The third kappa shape index (κ3) is 11.2. The smallest absolute Gasteiger partial charge is 0.193 e. The van der Waals surface area contributed by atoms with Crippen LogP contribution in [-0.2, 0) is 16.0 Å². The molecule has 0 amide bonds. The van der Waals surface area contributed by atoms with Crippen molar-refractivity contribution in [2.24, 2.45) is 4.99 Å². The molecule has 0 saturated carbocycles. The van der Waals surface area contributed by atoms with E-state index in [1.165, 1.54) is 39.4 Å². The van der Waals surface area contributed by atoms with E-state index in [9.17, 15) is 0 Å². The third-order valence-corrected chi connectivity index (χ3v) is 12.8. The zero-order valence-corrected chi connectivity index (χ0v) is 42.9. The first-order valence-electron chi connectivity index (χ1n) is 24.7. The van der Waals surface area contributed by atoms with Gasteiger partial charge in [-0.2, -0.15) is 10.2 Å². The lowest BCUT2D eigenvalue weighted by Gasteiger charge is -2.26. The van der Waals surface area contributed by atoms with E-state index in [0.29, 0.717) is 77.9 Å². The van der Waals surface area contributed by atoms with E-state index < -0.39 is 29.0 Å². The third-order valence-electron chi connectivity index (χ3n) is 12.8. The molecule has 400 valence electrons. The predicted molar refractivity (Wildman–Crippen MR) is 274 cm³/mol. The van der Waals surface area contributed by atoms with Crippen molar-refractivity contribution in [3.8, 4) is 45.5 Å². The second-order valence-electron chi connectivity index (χ2n) is 17.6. The van der Waals surface area contributed by atoms with Gasteiger partial charge in [-0.3, -0.25) is 9.97 Å². The average molecular weight is 1050 g/mol. The van der Waals surface area contributed by atoms with Gasteiger partial charge in [0.15, 0.2) is 57.6 Å². The summed E-state index contributed by atoms with van der Waals surface area (Å²) in [7, 11) is 8.77. The van der Waals surface area contributed by atoms with Crippen LogP contribution in [0.2, 0.25) is 0 Å². The molecule has 2 N–H and O–H groups in total. The number of hydrogen-bond acceptors (Lipinski definition) is 17. The zero-order valence-electron chi connectivity index (χ0n) is 42.9. The zero-order chi connectivity index (χ0) is 53.3. The molecule has 2 aliphatic heterocycles. The molecular formula is C52H58F4N14O6. The Balaban J connectivity index is 0.000000186. The Morgan fingerprint density at radius 3 is 1.72 bits per heavy atom. The van der Waals surface area contributed by atoms with Gasteiger partial charge in [0.05, 0.1) is 64.6 Å². The SMILES string of the molecule is CNCCN(c1ccc2ncc(-c3cnn(C4CCCCO4)c3)nc2n1)c1c(F)c(OC)cc(OC)c1F.CNCCn1c(=Nc2c(F)c(OC)cc(OC)c2F)ccc2ncc(-c3cnn(C4CCCCO4)c3)nc21. The Morgan fingerprint density at radius 1 is 0.645 bits per heavy atom. The van der Waals surface area contributed by atoms with Gasteiger partial charge in [-0.05, 0) is 76.9 Å². The van der Waals surface area contributed by atoms with Crippen LogP contribution in [0.5, 0.6) is 23.0 Å². The van der Waals surface area contributed by atoms with Crippen LogP contribution in [0.3, 0.4) is 0 Å². The summed E-state index contributed by atoms with van der Waals surface area (Å²) in [5.74, 6) is -3.92.